The summed E-state index contributed by atoms with van der Waals surface area (Å²) >= 11 is 6.39. The average Bonchev–Trinajstić information content (AvgIpc) is 3.29. The molecule has 0 bridgehead atoms. The number of anilines is 1. The molecule has 3 N–H and O–H groups in total. The molecule has 8 nitrogen and oxygen atoms in total. The van der Waals surface area contributed by atoms with E-state index < -0.39 is 5.41 Å². The Kier molecular flexibility index (Phi) is 4.66. The number of fused-ring (bicyclic) bond motifs is 4. The van der Waals surface area contributed by atoms with E-state index in [1.165, 1.54) is 7.11 Å². The lowest BCUT2D eigenvalue weighted by Gasteiger charge is -2.32. The van der Waals surface area contributed by atoms with E-state index in [2.05, 4.69) is 16.3 Å². The van der Waals surface area contributed by atoms with Crippen molar-refractivity contribution in [3.63, 3.8) is 0 Å². The average molecular weight is 448 g/mol. The lowest BCUT2D eigenvalue weighted by Crippen LogP contribution is -2.46. The zero-order valence-corrected chi connectivity index (χ0v) is 17.8. The zero-order valence-electron chi connectivity index (χ0n) is 17.1. The molecule has 0 aliphatic carbocycles. The van der Waals surface area contributed by atoms with Gasteiger partial charge in [0, 0.05) is 23.4 Å². The number of nitrogens with one attached hydrogen (secondary N) is 1. The summed E-state index contributed by atoms with van der Waals surface area (Å²) in [5, 5.41) is 17.7. The number of carbonyl (C=O) groups is 1. The van der Waals surface area contributed by atoms with Gasteiger partial charge in [-0.05, 0) is 17.7 Å². The topological polar surface area (TPSA) is 117 Å². The van der Waals surface area contributed by atoms with E-state index in [0.29, 0.717) is 27.5 Å². The monoisotopic (exact) mass is 447 g/mol. The summed E-state index contributed by atoms with van der Waals surface area (Å²) in [5.74, 6) is -0.337. The highest BCUT2D eigenvalue weighted by molar-refractivity contribution is 6.31. The highest BCUT2D eigenvalue weighted by atomic mass is 35.5. The van der Waals surface area contributed by atoms with Gasteiger partial charge in [-0.3, -0.25) is 9.89 Å². The van der Waals surface area contributed by atoms with Crippen LogP contribution in [0.3, 0.4) is 0 Å². The number of rotatable bonds is 4. The number of amides is 1. The van der Waals surface area contributed by atoms with E-state index in [1.54, 1.807) is 11.0 Å². The van der Waals surface area contributed by atoms with Crippen molar-refractivity contribution in [1.82, 2.24) is 10.2 Å². The summed E-state index contributed by atoms with van der Waals surface area (Å²) < 4.78 is 10.9. The number of hydrogen-bond acceptors (Lipinski definition) is 6. The van der Waals surface area contributed by atoms with Gasteiger partial charge in [0.15, 0.2) is 0 Å². The third-order valence-corrected chi connectivity index (χ3v) is 6.23. The summed E-state index contributed by atoms with van der Waals surface area (Å²) in [6, 6.07) is 16.8. The Morgan fingerprint density at radius 3 is 2.78 bits per heavy atom. The van der Waals surface area contributed by atoms with Gasteiger partial charge >= 0.3 is 0 Å². The fourth-order valence-corrected chi connectivity index (χ4v) is 4.76. The first-order chi connectivity index (χ1) is 15.5. The Morgan fingerprint density at radius 2 is 2.03 bits per heavy atom. The van der Waals surface area contributed by atoms with E-state index in [4.69, 9.17) is 26.8 Å². The Balaban J connectivity index is 1.79. The SMILES string of the molecule is COCc1[nH]nc2c1[C@]1(C(=O)N(Cc3ccccc3Cl)c3ccccc31)C(C#N)=C(N)O2. The number of methoxy groups -OCH3 is 1. The van der Waals surface area contributed by atoms with Crippen LogP contribution in [0.2, 0.25) is 5.02 Å². The van der Waals surface area contributed by atoms with E-state index in [-0.39, 0.29) is 36.4 Å². The number of para-hydroxylation sites is 1. The standard InChI is InChI=1S/C23H18ClN5O3/c1-31-12-17-19-21(28-27-17)32-20(26)15(10-25)23(19)14-7-3-5-9-18(14)29(22(23)30)11-13-6-2-4-8-16(13)24/h2-9H,11-12,26H2,1H3,(H,27,28)/t23-/m1/s1. The lowest BCUT2D eigenvalue weighted by molar-refractivity contribution is -0.121. The van der Waals surface area contributed by atoms with Crippen molar-refractivity contribution in [2.24, 2.45) is 5.73 Å². The Bertz CT molecular complexity index is 1330. The summed E-state index contributed by atoms with van der Waals surface area (Å²) in [4.78, 5) is 15.9. The molecule has 9 heteroatoms. The van der Waals surface area contributed by atoms with Gasteiger partial charge in [-0.15, -0.1) is 5.10 Å². The fraction of sp³-hybridized carbons (Fsp3) is 0.174. The number of halogens is 1. The molecule has 32 heavy (non-hydrogen) atoms. The van der Waals surface area contributed by atoms with Crippen LogP contribution in [-0.4, -0.2) is 23.2 Å². The zero-order chi connectivity index (χ0) is 22.5. The molecular formula is C23H18ClN5O3. The van der Waals surface area contributed by atoms with Crippen molar-refractivity contribution in [3.8, 4) is 11.9 Å². The maximum Gasteiger partial charge on any atom is 0.248 e. The van der Waals surface area contributed by atoms with Crippen molar-refractivity contribution in [1.29, 1.82) is 5.26 Å². The first-order valence-corrected chi connectivity index (χ1v) is 10.2. The normalized spacial score (nSPS) is 19.0. The van der Waals surface area contributed by atoms with Crippen molar-refractivity contribution in [2.45, 2.75) is 18.6 Å². The predicted molar refractivity (Wildman–Crippen MR) is 117 cm³/mol. The van der Waals surface area contributed by atoms with Gasteiger partial charge in [0.2, 0.25) is 17.7 Å². The van der Waals surface area contributed by atoms with Crippen LogP contribution in [0.4, 0.5) is 5.69 Å². The van der Waals surface area contributed by atoms with Crippen molar-refractivity contribution < 1.29 is 14.3 Å². The van der Waals surface area contributed by atoms with Gasteiger partial charge < -0.3 is 20.1 Å². The molecule has 0 saturated carbocycles. The molecule has 0 fully saturated rings. The molecule has 2 aliphatic rings. The molecule has 1 amide bonds. The molecule has 2 aliphatic heterocycles. The molecule has 3 aromatic rings. The second kappa shape index (κ2) is 7.41. The molecule has 1 atom stereocenters. The minimum Gasteiger partial charge on any atom is -0.420 e. The Labute approximate surface area is 188 Å². The van der Waals surface area contributed by atoms with Gasteiger partial charge in [-0.25, -0.2) is 0 Å². The molecule has 3 heterocycles. The maximum atomic E-state index is 14.3. The number of ether oxygens (including phenoxy) is 2. The fourth-order valence-electron chi connectivity index (χ4n) is 4.56. The van der Waals surface area contributed by atoms with Crippen LogP contribution >= 0.6 is 11.6 Å². The molecule has 5 rings (SSSR count). The van der Waals surface area contributed by atoms with Crippen molar-refractivity contribution in [3.05, 3.63) is 87.4 Å². The first-order valence-electron chi connectivity index (χ1n) is 9.83. The highest BCUT2D eigenvalue weighted by Gasteiger charge is 2.61. The number of nitriles is 1. The quantitative estimate of drug-likeness (QED) is 0.634. The van der Waals surface area contributed by atoms with Gasteiger partial charge in [0.25, 0.3) is 0 Å². The highest BCUT2D eigenvalue weighted by Crippen LogP contribution is 2.56. The van der Waals surface area contributed by atoms with Crippen molar-refractivity contribution >= 4 is 23.2 Å². The summed E-state index contributed by atoms with van der Waals surface area (Å²) in [6.07, 6.45) is 0. The van der Waals surface area contributed by atoms with Crippen molar-refractivity contribution in [2.75, 3.05) is 12.0 Å². The largest absolute Gasteiger partial charge is 0.420 e. The third-order valence-electron chi connectivity index (χ3n) is 5.86. The van der Waals surface area contributed by atoms with E-state index in [9.17, 15) is 10.1 Å². The first kappa shape index (κ1) is 20.1. The molecule has 0 unspecified atom stereocenters. The van der Waals surface area contributed by atoms with Crippen LogP contribution < -0.4 is 15.4 Å². The van der Waals surface area contributed by atoms with E-state index in [0.717, 1.165) is 5.56 Å². The van der Waals surface area contributed by atoms with Crippen LogP contribution in [0, 0.1) is 11.3 Å². The second-order valence-electron chi connectivity index (χ2n) is 7.52. The molecule has 0 radical (unpaired) electrons. The lowest BCUT2D eigenvalue weighted by atomic mass is 9.69. The van der Waals surface area contributed by atoms with Crippen LogP contribution in [0.15, 0.2) is 60.0 Å². The number of hydrogen-bond donors (Lipinski definition) is 2. The number of aromatic amines is 1. The van der Waals surface area contributed by atoms with Gasteiger partial charge in [0.05, 0.1) is 24.4 Å². The smallest absolute Gasteiger partial charge is 0.248 e. The van der Waals surface area contributed by atoms with Gasteiger partial charge in [-0.1, -0.05) is 48.0 Å². The van der Waals surface area contributed by atoms with Crippen LogP contribution in [0.1, 0.15) is 22.4 Å². The number of aromatic nitrogens is 2. The molecule has 1 spiro atoms. The minimum absolute atomic E-state index is 0.0165. The second-order valence-corrected chi connectivity index (χ2v) is 7.93. The predicted octanol–water partition coefficient (Wildman–Crippen LogP) is 3.13. The number of carbonyl (C=O) groups excluding carboxylic acids is 1. The molecular weight excluding hydrogens is 430 g/mol. The Hall–Kier alpha value is -3.80. The van der Waals surface area contributed by atoms with E-state index >= 15 is 0 Å². The van der Waals surface area contributed by atoms with Crippen LogP contribution in [0.5, 0.6) is 5.88 Å². The summed E-state index contributed by atoms with van der Waals surface area (Å²) in [7, 11) is 1.53. The molecule has 1 aromatic heterocycles. The van der Waals surface area contributed by atoms with E-state index in [1.807, 2.05) is 42.5 Å². The minimum atomic E-state index is -1.51. The Morgan fingerprint density at radius 1 is 1.28 bits per heavy atom. The molecule has 2 aromatic carbocycles. The third kappa shape index (κ3) is 2.59. The number of benzene rings is 2. The van der Waals surface area contributed by atoms with Gasteiger partial charge in [-0.2, -0.15) is 5.26 Å². The number of H-pyrrole nitrogens is 1. The summed E-state index contributed by atoms with van der Waals surface area (Å²) in [6.45, 7) is 0.371. The maximum absolute atomic E-state index is 14.3. The summed E-state index contributed by atoms with van der Waals surface area (Å²) in [5.41, 5.74) is 7.68. The van der Waals surface area contributed by atoms with Gasteiger partial charge in [0.1, 0.15) is 17.1 Å². The number of nitrogens with two attached hydrogens (primary N) is 1. The number of nitrogens with zero attached hydrogens (tertiary/aromatic N) is 3. The molecule has 0 saturated heterocycles. The van der Waals surface area contributed by atoms with Crippen LogP contribution in [0.25, 0.3) is 0 Å². The molecule has 160 valence electrons. The van der Waals surface area contributed by atoms with Crippen LogP contribution in [-0.2, 0) is 28.1 Å².